The maximum Gasteiger partial charge on any atom is 0.133 e. The number of alkyl halides is 1. The van der Waals surface area contributed by atoms with Gasteiger partial charge in [-0.1, -0.05) is 13.8 Å². The molecule has 0 aliphatic heterocycles. The average molecular weight is 336 g/mol. The van der Waals surface area contributed by atoms with Crippen molar-refractivity contribution in [1.82, 2.24) is 0 Å². The van der Waals surface area contributed by atoms with Gasteiger partial charge in [0.05, 0.1) is 6.10 Å². The lowest BCUT2D eigenvalue weighted by molar-refractivity contribution is -0.149. The van der Waals surface area contributed by atoms with E-state index >= 15 is 0 Å². The zero-order chi connectivity index (χ0) is 17.3. The van der Waals surface area contributed by atoms with Crippen LogP contribution >= 0.6 is 0 Å². The van der Waals surface area contributed by atoms with E-state index in [9.17, 15) is 14.3 Å². The van der Waals surface area contributed by atoms with Gasteiger partial charge in [-0.15, -0.1) is 0 Å². The first-order valence-electron chi connectivity index (χ1n) is 10.1. The summed E-state index contributed by atoms with van der Waals surface area (Å²) in [6.07, 6.45) is 6.28. The normalized spacial score (nSPS) is 57.0. The second-order valence-corrected chi connectivity index (χ2v) is 9.97. The molecule has 4 saturated carbocycles. The smallest absolute Gasteiger partial charge is 0.133 e. The molecule has 9 atom stereocenters. The number of aliphatic hydroxyl groups is 1. The van der Waals surface area contributed by atoms with E-state index in [0.29, 0.717) is 42.3 Å². The molecule has 3 heteroatoms. The Hall–Kier alpha value is -0.440. The molecule has 136 valence electrons. The topological polar surface area (TPSA) is 37.3 Å². The van der Waals surface area contributed by atoms with E-state index in [1.54, 1.807) is 6.92 Å². The molecule has 2 nitrogen and oxygen atoms in total. The van der Waals surface area contributed by atoms with Crippen LogP contribution in [0.1, 0.15) is 72.1 Å². The van der Waals surface area contributed by atoms with Gasteiger partial charge in [0.15, 0.2) is 0 Å². The third kappa shape index (κ3) is 2.19. The maximum atomic E-state index is 14.4. The van der Waals surface area contributed by atoms with Crippen LogP contribution in [0.3, 0.4) is 0 Å². The maximum absolute atomic E-state index is 14.4. The second kappa shape index (κ2) is 5.53. The fourth-order valence-electron chi connectivity index (χ4n) is 7.90. The van der Waals surface area contributed by atoms with E-state index in [1.165, 1.54) is 12.8 Å². The van der Waals surface area contributed by atoms with Crippen molar-refractivity contribution in [2.45, 2.75) is 84.4 Å². The molecule has 0 radical (unpaired) electrons. The van der Waals surface area contributed by atoms with Gasteiger partial charge in [-0.3, -0.25) is 4.79 Å². The highest BCUT2D eigenvalue weighted by Crippen LogP contribution is 2.67. The average Bonchev–Trinajstić information content (AvgIpc) is 2.86. The highest BCUT2D eigenvalue weighted by Gasteiger charge is 2.61. The van der Waals surface area contributed by atoms with Gasteiger partial charge in [0, 0.05) is 5.92 Å². The van der Waals surface area contributed by atoms with Crippen LogP contribution in [0.4, 0.5) is 4.39 Å². The lowest BCUT2D eigenvalue weighted by atomic mass is 9.44. The summed E-state index contributed by atoms with van der Waals surface area (Å²) in [6, 6.07) is 0. The number of Topliss-reactive ketones (excluding diaryl/α,β-unsaturated/α-hetero) is 1. The van der Waals surface area contributed by atoms with Crippen molar-refractivity contribution in [2.75, 3.05) is 0 Å². The monoisotopic (exact) mass is 336 g/mol. The molecule has 0 aromatic heterocycles. The van der Waals surface area contributed by atoms with Crippen LogP contribution in [0.5, 0.6) is 0 Å². The molecule has 0 heterocycles. The number of carbonyl (C=O) groups excluding carboxylic acids is 1. The fourth-order valence-corrected chi connectivity index (χ4v) is 7.90. The lowest BCUT2D eigenvalue weighted by Gasteiger charge is -2.61. The van der Waals surface area contributed by atoms with E-state index in [-0.39, 0.29) is 16.7 Å². The predicted octanol–water partition coefficient (Wildman–Crippen LogP) is 4.54. The standard InChI is InChI=1S/C21H33FO2/c1-12(23)15-6-7-16-14-5-4-13-10-19(24)18(22)11-21(13,3)17(14)8-9-20(15,16)2/h13-19,24H,4-11H2,1-3H3/t13?,14-,15+,16-,17-,18?,19?,20+,21-/m0/s1. The highest BCUT2D eigenvalue weighted by molar-refractivity contribution is 5.79. The van der Waals surface area contributed by atoms with Crippen LogP contribution in [0.15, 0.2) is 0 Å². The fraction of sp³-hybridized carbons (Fsp3) is 0.952. The molecular weight excluding hydrogens is 303 g/mol. The number of halogens is 1. The van der Waals surface area contributed by atoms with Crippen molar-refractivity contribution in [2.24, 2.45) is 40.4 Å². The molecule has 1 N–H and O–H groups in total. The number of aliphatic hydroxyl groups excluding tert-OH is 1. The summed E-state index contributed by atoms with van der Waals surface area (Å²) in [6.45, 7) is 6.45. The van der Waals surface area contributed by atoms with E-state index in [4.69, 9.17) is 0 Å². The number of ketones is 1. The van der Waals surface area contributed by atoms with Gasteiger partial charge in [0.25, 0.3) is 0 Å². The predicted molar refractivity (Wildman–Crippen MR) is 92.2 cm³/mol. The molecule has 0 aromatic carbocycles. The Kier molecular flexibility index (Phi) is 3.91. The van der Waals surface area contributed by atoms with Crippen molar-refractivity contribution in [3.8, 4) is 0 Å². The number of hydrogen-bond acceptors (Lipinski definition) is 2. The van der Waals surface area contributed by atoms with Crippen molar-refractivity contribution in [3.05, 3.63) is 0 Å². The van der Waals surface area contributed by atoms with Crippen molar-refractivity contribution in [1.29, 1.82) is 0 Å². The van der Waals surface area contributed by atoms with Gasteiger partial charge in [-0.25, -0.2) is 4.39 Å². The Balaban J connectivity index is 1.62. The van der Waals surface area contributed by atoms with E-state index < -0.39 is 12.3 Å². The largest absolute Gasteiger partial charge is 0.390 e. The minimum Gasteiger partial charge on any atom is -0.390 e. The van der Waals surface area contributed by atoms with Crippen molar-refractivity contribution in [3.63, 3.8) is 0 Å². The highest BCUT2D eigenvalue weighted by atomic mass is 19.1. The van der Waals surface area contributed by atoms with Crippen LogP contribution < -0.4 is 0 Å². The van der Waals surface area contributed by atoms with Crippen LogP contribution in [-0.4, -0.2) is 23.2 Å². The number of fused-ring (bicyclic) bond motifs is 5. The number of hydrogen-bond donors (Lipinski definition) is 1. The van der Waals surface area contributed by atoms with Gasteiger partial charge in [0.1, 0.15) is 12.0 Å². The summed E-state index contributed by atoms with van der Waals surface area (Å²) in [4.78, 5) is 12.2. The molecule has 0 aromatic rings. The first-order valence-corrected chi connectivity index (χ1v) is 10.1. The Morgan fingerprint density at radius 3 is 2.46 bits per heavy atom. The van der Waals surface area contributed by atoms with Gasteiger partial charge in [-0.05, 0) is 92.8 Å². The summed E-state index contributed by atoms with van der Waals surface area (Å²) >= 11 is 0. The summed E-state index contributed by atoms with van der Waals surface area (Å²) in [5.41, 5.74) is 0.233. The Bertz CT molecular complexity index is 534. The van der Waals surface area contributed by atoms with Gasteiger partial charge < -0.3 is 5.11 Å². The molecule has 4 fully saturated rings. The quantitative estimate of drug-likeness (QED) is 0.763. The zero-order valence-electron chi connectivity index (χ0n) is 15.4. The molecule has 0 spiro atoms. The molecule has 4 rings (SSSR count). The zero-order valence-corrected chi connectivity index (χ0v) is 15.4. The van der Waals surface area contributed by atoms with E-state index in [2.05, 4.69) is 13.8 Å². The number of carbonyl (C=O) groups is 1. The molecule has 24 heavy (non-hydrogen) atoms. The van der Waals surface area contributed by atoms with Crippen molar-refractivity contribution < 1.29 is 14.3 Å². The van der Waals surface area contributed by atoms with Gasteiger partial charge in [-0.2, -0.15) is 0 Å². The minimum atomic E-state index is -1.05. The van der Waals surface area contributed by atoms with Crippen LogP contribution in [0.25, 0.3) is 0 Å². The Labute approximate surface area is 145 Å². The van der Waals surface area contributed by atoms with Crippen LogP contribution in [-0.2, 0) is 4.79 Å². The lowest BCUT2D eigenvalue weighted by Crippen LogP contribution is -2.56. The summed E-state index contributed by atoms with van der Waals surface area (Å²) < 4.78 is 14.4. The first kappa shape index (κ1) is 17.0. The van der Waals surface area contributed by atoms with Crippen LogP contribution in [0.2, 0.25) is 0 Å². The molecule has 0 bridgehead atoms. The molecule has 4 aliphatic rings. The molecule has 0 saturated heterocycles. The van der Waals surface area contributed by atoms with Crippen molar-refractivity contribution >= 4 is 5.78 Å². The third-order valence-electron chi connectivity index (χ3n) is 9.13. The SMILES string of the molecule is CC(=O)[C@H]1CC[C@H]2[C@@H]3CCC4CC(O)C(F)C[C@]4(C)[C@H]3CC[C@]12C. The Morgan fingerprint density at radius 1 is 1.04 bits per heavy atom. The summed E-state index contributed by atoms with van der Waals surface area (Å²) in [7, 11) is 0. The summed E-state index contributed by atoms with van der Waals surface area (Å²) in [5, 5.41) is 10.0. The first-order chi connectivity index (χ1) is 11.3. The minimum absolute atomic E-state index is 0.0528. The Morgan fingerprint density at radius 2 is 1.75 bits per heavy atom. The van der Waals surface area contributed by atoms with Gasteiger partial charge >= 0.3 is 0 Å². The number of rotatable bonds is 1. The van der Waals surface area contributed by atoms with E-state index in [1.807, 2.05) is 0 Å². The second-order valence-electron chi connectivity index (χ2n) is 9.97. The van der Waals surface area contributed by atoms with Gasteiger partial charge in [0.2, 0.25) is 0 Å². The molecule has 4 aliphatic carbocycles. The third-order valence-corrected chi connectivity index (χ3v) is 9.13. The van der Waals surface area contributed by atoms with Crippen LogP contribution in [0, 0.1) is 40.4 Å². The molecule has 0 amide bonds. The molecule has 3 unspecified atom stereocenters. The molecular formula is C21H33FO2. The van der Waals surface area contributed by atoms with E-state index in [0.717, 1.165) is 25.7 Å². The summed E-state index contributed by atoms with van der Waals surface area (Å²) in [5.74, 6) is 3.00.